The van der Waals surface area contributed by atoms with Gasteiger partial charge in [0.15, 0.2) is 0 Å². The number of rotatable bonds is 3. The van der Waals surface area contributed by atoms with Gasteiger partial charge in [-0.1, -0.05) is 32.6 Å². The SMILES string of the molecule is CSC1CCCCC1NC1CCCCC1C. The summed E-state index contributed by atoms with van der Waals surface area (Å²) in [6.07, 6.45) is 13.8. The average molecular weight is 241 g/mol. The predicted molar refractivity (Wildman–Crippen MR) is 74.1 cm³/mol. The molecule has 1 nitrogen and oxygen atoms in total. The van der Waals surface area contributed by atoms with Crippen LogP contribution in [0.5, 0.6) is 0 Å². The van der Waals surface area contributed by atoms with Crippen LogP contribution in [0.25, 0.3) is 0 Å². The van der Waals surface area contributed by atoms with Crippen LogP contribution >= 0.6 is 11.8 Å². The van der Waals surface area contributed by atoms with Gasteiger partial charge in [-0.05, 0) is 37.9 Å². The van der Waals surface area contributed by atoms with Crippen molar-refractivity contribution in [1.82, 2.24) is 5.32 Å². The van der Waals surface area contributed by atoms with Crippen LogP contribution in [0, 0.1) is 5.92 Å². The molecule has 2 fully saturated rings. The fourth-order valence-corrected chi connectivity index (χ4v) is 4.35. The van der Waals surface area contributed by atoms with E-state index in [0.717, 1.165) is 23.3 Å². The molecule has 2 saturated carbocycles. The molecule has 0 amide bonds. The van der Waals surface area contributed by atoms with E-state index in [4.69, 9.17) is 0 Å². The minimum Gasteiger partial charge on any atom is -0.310 e. The summed E-state index contributed by atoms with van der Waals surface area (Å²) in [5, 5.41) is 4.87. The van der Waals surface area contributed by atoms with Crippen molar-refractivity contribution in [3.8, 4) is 0 Å². The highest BCUT2D eigenvalue weighted by atomic mass is 32.2. The number of thioether (sulfide) groups is 1. The number of hydrogen-bond donors (Lipinski definition) is 1. The quantitative estimate of drug-likeness (QED) is 0.806. The summed E-state index contributed by atoms with van der Waals surface area (Å²) < 4.78 is 0. The fourth-order valence-electron chi connectivity index (χ4n) is 3.41. The Morgan fingerprint density at radius 1 is 0.875 bits per heavy atom. The van der Waals surface area contributed by atoms with Crippen molar-refractivity contribution in [2.45, 2.75) is 75.6 Å². The van der Waals surface area contributed by atoms with E-state index in [1.165, 1.54) is 51.4 Å². The molecule has 0 aromatic rings. The Bertz CT molecular complexity index is 207. The molecule has 0 radical (unpaired) electrons. The molecule has 0 saturated heterocycles. The van der Waals surface area contributed by atoms with Crippen molar-refractivity contribution >= 4 is 11.8 Å². The molecular weight excluding hydrogens is 214 g/mol. The molecule has 94 valence electrons. The molecule has 0 heterocycles. The molecule has 0 bridgehead atoms. The second-order valence-corrected chi connectivity index (χ2v) is 6.78. The Morgan fingerprint density at radius 3 is 2.19 bits per heavy atom. The van der Waals surface area contributed by atoms with Gasteiger partial charge in [0.2, 0.25) is 0 Å². The molecule has 0 spiro atoms. The smallest absolute Gasteiger partial charge is 0.0198 e. The predicted octanol–water partition coefficient (Wildman–Crippen LogP) is 3.83. The topological polar surface area (TPSA) is 12.0 Å². The lowest BCUT2D eigenvalue weighted by Gasteiger charge is -2.38. The standard InChI is InChI=1S/C14H27NS/c1-11-7-3-4-8-12(11)15-13-9-5-6-10-14(13)16-2/h11-15H,3-10H2,1-2H3. The van der Waals surface area contributed by atoms with E-state index in [1.54, 1.807) is 0 Å². The van der Waals surface area contributed by atoms with Crippen LogP contribution in [0.2, 0.25) is 0 Å². The molecule has 4 atom stereocenters. The van der Waals surface area contributed by atoms with Gasteiger partial charge in [0.25, 0.3) is 0 Å². The van der Waals surface area contributed by atoms with Gasteiger partial charge in [-0.15, -0.1) is 0 Å². The first-order chi connectivity index (χ1) is 7.81. The van der Waals surface area contributed by atoms with Crippen molar-refractivity contribution in [3.05, 3.63) is 0 Å². The van der Waals surface area contributed by atoms with Gasteiger partial charge in [0.1, 0.15) is 0 Å². The third-order valence-electron chi connectivity index (χ3n) is 4.54. The van der Waals surface area contributed by atoms with E-state index >= 15 is 0 Å². The number of hydrogen-bond acceptors (Lipinski definition) is 2. The Kier molecular flexibility index (Phi) is 5.02. The van der Waals surface area contributed by atoms with E-state index in [2.05, 4.69) is 30.3 Å². The lowest BCUT2D eigenvalue weighted by atomic mass is 9.84. The summed E-state index contributed by atoms with van der Waals surface area (Å²) >= 11 is 2.08. The van der Waals surface area contributed by atoms with Crippen LogP contribution in [0.15, 0.2) is 0 Å². The molecule has 4 unspecified atom stereocenters. The monoisotopic (exact) mass is 241 g/mol. The maximum Gasteiger partial charge on any atom is 0.0198 e. The molecule has 0 aromatic heterocycles. The summed E-state index contributed by atoms with van der Waals surface area (Å²) in [6, 6.07) is 1.61. The first-order valence-electron chi connectivity index (χ1n) is 7.10. The van der Waals surface area contributed by atoms with E-state index in [1.807, 2.05) is 0 Å². The van der Waals surface area contributed by atoms with E-state index in [0.29, 0.717) is 0 Å². The highest BCUT2D eigenvalue weighted by molar-refractivity contribution is 7.99. The van der Waals surface area contributed by atoms with Crippen LogP contribution in [-0.2, 0) is 0 Å². The second-order valence-electron chi connectivity index (χ2n) is 5.70. The lowest BCUT2D eigenvalue weighted by molar-refractivity contribution is 0.238. The van der Waals surface area contributed by atoms with Crippen molar-refractivity contribution in [2.24, 2.45) is 5.92 Å². The van der Waals surface area contributed by atoms with E-state index in [-0.39, 0.29) is 0 Å². The normalized spacial score (nSPS) is 40.9. The van der Waals surface area contributed by atoms with Gasteiger partial charge in [-0.2, -0.15) is 11.8 Å². The van der Waals surface area contributed by atoms with Gasteiger partial charge in [0, 0.05) is 17.3 Å². The van der Waals surface area contributed by atoms with Crippen LogP contribution < -0.4 is 5.32 Å². The van der Waals surface area contributed by atoms with Crippen LogP contribution in [0.1, 0.15) is 58.3 Å². The Morgan fingerprint density at radius 2 is 1.50 bits per heavy atom. The van der Waals surface area contributed by atoms with Gasteiger partial charge in [-0.25, -0.2) is 0 Å². The zero-order valence-corrected chi connectivity index (χ0v) is 11.7. The van der Waals surface area contributed by atoms with Gasteiger partial charge >= 0.3 is 0 Å². The number of nitrogens with one attached hydrogen (secondary N) is 1. The Labute approximate surface area is 105 Å². The average Bonchev–Trinajstić information content (AvgIpc) is 2.33. The van der Waals surface area contributed by atoms with E-state index < -0.39 is 0 Å². The van der Waals surface area contributed by atoms with Gasteiger partial charge in [-0.3, -0.25) is 0 Å². The fraction of sp³-hybridized carbons (Fsp3) is 1.00. The maximum absolute atomic E-state index is 3.99. The van der Waals surface area contributed by atoms with Crippen LogP contribution in [0.4, 0.5) is 0 Å². The Balaban J connectivity index is 1.86. The second kappa shape index (κ2) is 6.30. The third kappa shape index (κ3) is 3.16. The highest BCUT2D eigenvalue weighted by Crippen LogP contribution is 2.30. The van der Waals surface area contributed by atoms with Crippen molar-refractivity contribution in [2.75, 3.05) is 6.26 Å². The zero-order chi connectivity index (χ0) is 11.4. The highest BCUT2D eigenvalue weighted by Gasteiger charge is 2.29. The minimum atomic E-state index is 0.800. The van der Waals surface area contributed by atoms with Crippen molar-refractivity contribution in [3.63, 3.8) is 0 Å². The zero-order valence-electron chi connectivity index (χ0n) is 10.9. The van der Waals surface area contributed by atoms with Crippen molar-refractivity contribution in [1.29, 1.82) is 0 Å². The van der Waals surface area contributed by atoms with Crippen LogP contribution in [-0.4, -0.2) is 23.6 Å². The molecule has 2 heteroatoms. The molecule has 2 aliphatic rings. The summed E-state index contributed by atoms with van der Waals surface area (Å²) in [6.45, 7) is 2.44. The van der Waals surface area contributed by atoms with Crippen LogP contribution in [0.3, 0.4) is 0 Å². The van der Waals surface area contributed by atoms with Crippen molar-refractivity contribution < 1.29 is 0 Å². The van der Waals surface area contributed by atoms with Gasteiger partial charge in [0.05, 0.1) is 0 Å². The third-order valence-corrected chi connectivity index (χ3v) is 5.71. The molecular formula is C14H27NS. The first kappa shape index (κ1) is 12.8. The lowest BCUT2D eigenvalue weighted by Crippen LogP contribution is -2.49. The van der Waals surface area contributed by atoms with E-state index in [9.17, 15) is 0 Å². The molecule has 2 aliphatic carbocycles. The minimum absolute atomic E-state index is 0.800. The summed E-state index contributed by atoms with van der Waals surface area (Å²) in [4.78, 5) is 0. The summed E-state index contributed by atoms with van der Waals surface area (Å²) in [5.41, 5.74) is 0. The molecule has 2 rings (SSSR count). The summed E-state index contributed by atoms with van der Waals surface area (Å²) in [5.74, 6) is 0.901. The maximum atomic E-state index is 3.99. The van der Waals surface area contributed by atoms with Gasteiger partial charge < -0.3 is 5.32 Å². The molecule has 1 N–H and O–H groups in total. The summed E-state index contributed by atoms with van der Waals surface area (Å²) in [7, 11) is 0. The largest absolute Gasteiger partial charge is 0.310 e. The first-order valence-corrected chi connectivity index (χ1v) is 8.39. The molecule has 0 aliphatic heterocycles. The molecule has 16 heavy (non-hydrogen) atoms. The Hall–Kier alpha value is 0.310. The molecule has 0 aromatic carbocycles.